The number of amides is 1. The summed E-state index contributed by atoms with van der Waals surface area (Å²) in [4.78, 5) is 40.9. The van der Waals surface area contributed by atoms with Gasteiger partial charge in [-0.05, 0) is 75.3 Å². The van der Waals surface area contributed by atoms with Gasteiger partial charge in [0.1, 0.15) is 24.1 Å². The molecule has 1 fully saturated rings. The smallest absolute Gasteiger partial charge is 0.261 e. The lowest BCUT2D eigenvalue weighted by atomic mass is 10.0. The van der Waals surface area contributed by atoms with Crippen LogP contribution in [0.5, 0.6) is 5.75 Å². The number of halogens is 2. The predicted molar refractivity (Wildman–Crippen MR) is 154 cm³/mol. The van der Waals surface area contributed by atoms with E-state index < -0.39 is 23.3 Å². The van der Waals surface area contributed by atoms with Crippen LogP contribution in [-0.4, -0.2) is 81.2 Å². The minimum absolute atomic E-state index is 0.00961. The number of piperidine rings is 1. The number of nitrogens with one attached hydrogen (secondary N) is 3. The fourth-order valence-electron chi connectivity index (χ4n) is 5.63. The zero-order valence-corrected chi connectivity index (χ0v) is 23.3. The Morgan fingerprint density at radius 1 is 1.17 bits per heavy atom. The number of aromatic nitrogens is 3. The van der Waals surface area contributed by atoms with Crippen molar-refractivity contribution in [1.82, 2.24) is 24.8 Å². The van der Waals surface area contributed by atoms with Gasteiger partial charge in [-0.25, -0.2) is 9.37 Å². The summed E-state index contributed by atoms with van der Waals surface area (Å²) in [6, 6.07) is 8.25. The van der Waals surface area contributed by atoms with Crippen molar-refractivity contribution in [1.29, 1.82) is 0 Å². The molecule has 42 heavy (non-hydrogen) atoms. The summed E-state index contributed by atoms with van der Waals surface area (Å²) in [5.74, 6) is -2.09. The van der Waals surface area contributed by atoms with Crippen LogP contribution in [0.2, 0.25) is 0 Å². The monoisotopic (exact) mass is 578 g/mol. The molecule has 1 unspecified atom stereocenters. The maximum Gasteiger partial charge on any atom is 0.261 e. The largest absolute Gasteiger partial charge is 0.488 e. The van der Waals surface area contributed by atoms with E-state index in [9.17, 15) is 23.5 Å². The molecule has 0 aliphatic carbocycles. The molecule has 4 N–H and O–H groups in total. The molecule has 0 radical (unpaired) electrons. The summed E-state index contributed by atoms with van der Waals surface area (Å²) < 4.78 is 33.2. The number of aromatic amines is 2. The number of hydrogen-bond donors (Lipinski definition) is 4. The SMILES string of the molecule is Cc1ccc(OCC(O)CNc2cc[nH]c(=O)c2-c2nc3cc4c(cc3[nH]2)CN(C2CCN(C)CC2)C4=O)c(F)c1F. The molecule has 2 aliphatic rings. The number of aliphatic hydroxyl groups excluding tert-OH is 1. The molecule has 10 nitrogen and oxygen atoms in total. The maximum atomic E-state index is 14.1. The second-order valence-electron chi connectivity index (χ2n) is 11.0. The van der Waals surface area contributed by atoms with Crippen LogP contribution in [0.1, 0.15) is 34.3 Å². The van der Waals surface area contributed by atoms with Crippen LogP contribution in [0.3, 0.4) is 0 Å². The molecule has 2 aromatic carbocycles. The van der Waals surface area contributed by atoms with Crippen LogP contribution in [-0.2, 0) is 6.54 Å². The fourth-order valence-corrected chi connectivity index (χ4v) is 5.63. The van der Waals surface area contributed by atoms with E-state index in [0.717, 1.165) is 31.5 Å². The van der Waals surface area contributed by atoms with Crippen molar-refractivity contribution in [3.05, 3.63) is 75.2 Å². The van der Waals surface area contributed by atoms with E-state index in [0.29, 0.717) is 34.7 Å². The molecule has 2 aromatic heterocycles. The number of H-pyrrole nitrogens is 2. The highest BCUT2D eigenvalue weighted by atomic mass is 19.2. The van der Waals surface area contributed by atoms with E-state index in [2.05, 4.69) is 32.2 Å². The van der Waals surface area contributed by atoms with E-state index in [1.54, 1.807) is 12.1 Å². The van der Waals surface area contributed by atoms with E-state index in [4.69, 9.17) is 4.74 Å². The topological polar surface area (TPSA) is 127 Å². The first-order valence-corrected chi connectivity index (χ1v) is 13.9. The van der Waals surface area contributed by atoms with Gasteiger partial charge in [0.15, 0.2) is 11.6 Å². The molecule has 2 aliphatic heterocycles. The number of imidazole rings is 1. The summed E-state index contributed by atoms with van der Waals surface area (Å²) in [6.45, 7) is 3.58. The number of rotatable bonds is 8. The normalized spacial score (nSPS) is 16.7. The van der Waals surface area contributed by atoms with Gasteiger partial charge in [0.25, 0.3) is 11.5 Å². The fraction of sp³-hybridized carbons (Fsp3) is 0.367. The van der Waals surface area contributed by atoms with Gasteiger partial charge in [0, 0.05) is 30.9 Å². The Bertz CT molecular complexity index is 1710. The highest BCUT2D eigenvalue weighted by molar-refractivity contribution is 6.02. The van der Waals surface area contributed by atoms with Crippen LogP contribution >= 0.6 is 0 Å². The second kappa shape index (κ2) is 11.2. The Labute approximate surface area is 240 Å². The average Bonchev–Trinajstić information content (AvgIpc) is 3.53. The number of aryl methyl sites for hydroxylation is 1. The number of carbonyl (C=O) groups is 1. The van der Waals surface area contributed by atoms with Gasteiger partial charge in [-0.15, -0.1) is 0 Å². The van der Waals surface area contributed by atoms with E-state index >= 15 is 0 Å². The number of carbonyl (C=O) groups excluding carboxylic acids is 1. The molecule has 1 atom stereocenters. The van der Waals surface area contributed by atoms with Crippen molar-refractivity contribution < 1.29 is 23.4 Å². The minimum atomic E-state index is -1.11. The molecule has 220 valence electrons. The lowest BCUT2D eigenvalue weighted by Crippen LogP contribution is -2.43. The number of hydrogen-bond acceptors (Lipinski definition) is 7. The van der Waals surface area contributed by atoms with Crippen molar-refractivity contribution in [2.45, 2.75) is 38.5 Å². The standard InChI is InChI=1S/C30H32F2N6O4/c1-16-3-4-24(27(32)26(16)31)42-15-19(39)13-34-21-5-8-33-29(40)25(21)28-35-22-11-17-14-38(18-6-9-37(2)10-7-18)30(41)20(17)12-23(22)36-28/h3-5,8,11-12,18-19,39H,6-7,9-10,13-15H2,1-2H3,(H,35,36)(H2,33,34,40). The molecular weight excluding hydrogens is 546 g/mol. The molecule has 1 saturated heterocycles. The third kappa shape index (κ3) is 5.23. The quantitative estimate of drug-likeness (QED) is 0.253. The molecule has 12 heteroatoms. The second-order valence-corrected chi connectivity index (χ2v) is 11.0. The summed E-state index contributed by atoms with van der Waals surface area (Å²) >= 11 is 0. The zero-order valence-electron chi connectivity index (χ0n) is 23.3. The number of fused-ring (bicyclic) bond motifs is 2. The van der Waals surface area contributed by atoms with Crippen LogP contribution in [0, 0.1) is 18.6 Å². The molecular formula is C30H32F2N6O4. The number of benzene rings is 2. The Morgan fingerprint density at radius 3 is 2.74 bits per heavy atom. The van der Waals surface area contributed by atoms with Crippen LogP contribution in [0.25, 0.3) is 22.4 Å². The van der Waals surface area contributed by atoms with Gasteiger partial charge in [-0.3, -0.25) is 9.59 Å². The Hall–Kier alpha value is -4.29. The minimum Gasteiger partial charge on any atom is -0.488 e. The maximum absolute atomic E-state index is 14.1. The van der Waals surface area contributed by atoms with E-state index in [-0.39, 0.29) is 42.0 Å². The third-order valence-corrected chi connectivity index (χ3v) is 8.06. The van der Waals surface area contributed by atoms with Crippen LogP contribution in [0.4, 0.5) is 14.5 Å². The lowest BCUT2D eigenvalue weighted by molar-refractivity contribution is 0.0617. The highest BCUT2D eigenvalue weighted by Crippen LogP contribution is 2.32. The summed E-state index contributed by atoms with van der Waals surface area (Å²) in [7, 11) is 2.09. The third-order valence-electron chi connectivity index (χ3n) is 8.06. The summed E-state index contributed by atoms with van der Waals surface area (Å²) in [5.41, 5.74) is 3.21. The van der Waals surface area contributed by atoms with Crippen LogP contribution in [0.15, 0.2) is 41.3 Å². The average molecular weight is 579 g/mol. The van der Waals surface area contributed by atoms with Gasteiger partial charge in [0.2, 0.25) is 5.82 Å². The number of ether oxygens (including phenoxy) is 1. The number of nitrogens with zero attached hydrogens (tertiary/aromatic N) is 3. The van der Waals surface area contributed by atoms with Gasteiger partial charge < -0.3 is 34.9 Å². The molecule has 4 heterocycles. The number of anilines is 1. The Morgan fingerprint density at radius 2 is 1.95 bits per heavy atom. The molecule has 6 rings (SSSR count). The zero-order chi connectivity index (χ0) is 29.5. The molecule has 1 amide bonds. The first kappa shape index (κ1) is 27.9. The van der Waals surface area contributed by atoms with Gasteiger partial charge >= 0.3 is 0 Å². The van der Waals surface area contributed by atoms with Gasteiger partial charge in [-0.1, -0.05) is 6.07 Å². The van der Waals surface area contributed by atoms with Gasteiger partial charge in [-0.2, -0.15) is 4.39 Å². The molecule has 0 spiro atoms. The Kier molecular flexibility index (Phi) is 7.42. The van der Waals surface area contributed by atoms with E-state index in [1.165, 1.54) is 25.3 Å². The summed E-state index contributed by atoms with van der Waals surface area (Å²) in [5, 5.41) is 13.5. The highest BCUT2D eigenvalue weighted by Gasteiger charge is 2.34. The van der Waals surface area contributed by atoms with E-state index in [1.807, 2.05) is 11.0 Å². The number of aliphatic hydroxyl groups is 1. The summed E-state index contributed by atoms with van der Waals surface area (Å²) in [6.07, 6.45) is 2.27. The molecule has 0 saturated carbocycles. The number of likely N-dealkylation sites (tertiary alicyclic amines) is 1. The van der Waals surface area contributed by atoms with Crippen LogP contribution < -0.4 is 15.6 Å². The lowest BCUT2D eigenvalue weighted by Gasteiger charge is -2.34. The van der Waals surface area contributed by atoms with Crippen molar-refractivity contribution in [3.8, 4) is 17.1 Å². The first-order valence-electron chi connectivity index (χ1n) is 13.9. The molecule has 4 aromatic rings. The Balaban J connectivity index is 1.17. The van der Waals surface area contributed by atoms with Crippen molar-refractivity contribution in [2.75, 3.05) is 38.6 Å². The predicted octanol–water partition coefficient (Wildman–Crippen LogP) is 3.41. The van der Waals surface area contributed by atoms with Crippen molar-refractivity contribution in [2.24, 2.45) is 0 Å². The molecule has 0 bridgehead atoms. The van der Waals surface area contributed by atoms with Gasteiger partial charge in [0.05, 0.1) is 16.7 Å². The van der Waals surface area contributed by atoms with Crippen molar-refractivity contribution in [3.63, 3.8) is 0 Å². The number of pyridine rings is 1. The van der Waals surface area contributed by atoms with Crippen molar-refractivity contribution >= 4 is 22.6 Å². The first-order chi connectivity index (χ1) is 20.2.